The Kier molecular flexibility index (Phi) is 6.29. The number of nitrogens with zero attached hydrogens (tertiary/aromatic N) is 2. The smallest absolute Gasteiger partial charge is 0.224 e. The van der Waals surface area contributed by atoms with Gasteiger partial charge in [0, 0.05) is 58.0 Å². The highest BCUT2D eigenvalue weighted by Crippen LogP contribution is 2.26. The van der Waals surface area contributed by atoms with Crippen LogP contribution in [-0.4, -0.2) is 74.8 Å². The van der Waals surface area contributed by atoms with Crippen LogP contribution in [0.4, 0.5) is 5.69 Å². The van der Waals surface area contributed by atoms with Gasteiger partial charge in [0.25, 0.3) is 0 Å². The molecule has 0 saturated carbocycles. The van der Waals surface area contributed by atoms with Gasteiger partial charge in [0.1, 0.15) is 12.4 Å². The molecule has 2 aliphatic heterocycles. The molecule has 0 spiro atoms. The number of rotatable bonds is 7. The number of hydrogen-bond donors (Lipinski definition) is 1. The summed E-state index contributed by atoms with van der Waals surface area (Å²) in [6.07, 6.45) is 1.35. The van der Waals surface area contributed by atoms with Crippen molar-refractivity contribution in [1.29, 1.82) is 0 Å². The molecule has 1 amide bonds. The molecule has 3 rings (SSSR count). The fraction of sp³-hybridized carbons (Fsp3) is 0.632. The molecule has 0 aromatic heterocycles. The predicted octanol–water partition coefficient (Wildman–Crippen LogP) is 1.60. The van der Waals surface area contributed by atoms with Gasteiger partial charge in [0.15, 0.2) is 0 Å². The summed E-state index contributed by atoms with van der Waals surface area (Å²) in [6.45, 7) is 8.95. The maximum atomic E-state index is 11.4. The monoisotopic (exact) mass is 347 g/mol. The summed E-state index contributed by atoms with van der Waals surface area (Å²) in [5.41, 5.74) is 2.09. The molecule has 6 nitrogen and oxygen atoms in total. The molecule has 1 fully saturated rings. The summed E-state index contributed by atoms with van der Waals surface area (Å²) in [5, 5.41) is 2.90. The van der Waals surface area contributed by atoms with Crippen LogP contribution >= 0.6 is 0 Å². The first-order chi connectivity index (χ1) is 12.2. The lowest BCUT2D eigenvalue weighted by Crippen LogP contribution is -2.53. The largest absolute Gasteiger partial charge is 0.492 e. The molecule has 138 valence electrons. The average molecular weight is 347 g/mol. The second-order valence-electron chi connectivity index (χ2n) is 6.89. The Morgan fingerprint density at radius 3 is 2.88 bits per heavy atom. The van der Waals surface area contributed by atoms with Gasteiger partial charge in [-0.05, 0) is 37.1 Å². The molecule has 0 unspecified atom stereocenters. The second-order valence-corrected chi connectivity index (χ2v) is 6.89. The number of benzene rings is 1. The van der Waals surface area contributed by atoms with Crippen molar-refractivity contribution < 1.29 is 14.3 Å². The van der Waals surface area contributed by atoms with Crippen molar-refractivity contribution in [3.05, 3.63) is 23.8 Å². The third kappa shape index (κ3) is 4.93. The number of fused-ring (bicyclic) bond motifs is 1. The highest BCUT2D eigenvalue weighted by Gasteiger charge is 2.23. The maximum Gasteiger partial charge on any atom is 0.224 e. The van der Waals surface area contributed by atoms with Crippen molar-refractivity contribution in [2.75, 3.05) is 58.4 Å². The van der Waals surface area contributed by atoms with E-state index in [0.717, 1.165) is 62.8 Å². The standard InChI is InChI=1S/C19H29N3O3/c1-15-14-21(7-8-22(15)10-11-24-2)9-12-25-17-4-5-18-16(13-17)3-6-19(23)20-18/h4-5,13,15H,3,6-12,14H2,1-2H3,(H,20,23)/t15-/m1/s1. The molecule has 0 aliphatic carbocycles. The highest BCUT2D eigenvalue weighted by molar-refractivity contribution is 5.93. The van der Waals surface area contributed by atoms with Crippen LogP contribution < -0.4 is 10.1 Å². The van der Waals surface area contributed by atoms with Crippen LogP contribution in [0.3, 0.4) is 0 Å². The van der Waals surface area contributed by atoms with Gasteiger partial charge in [-0.15, -0.1) is 0 Å². The molecular weight excluding hydrogens is 318 g/mol. The molecule has 1 aromatic carbocycles. The van der Waals surface area contributed by atoms with Crippen LogP contribution in [0, 0.1) is 0 Å². The molecule has 0 radical (unpaired) electrons. The van der Waals surface area contributed by atoms with Crippen molar-refractivity contribution >= 4 is 11.6 Å². The first kappa shape index (κ1) is 18.2. The fourth-order valence-corrected chi connectivity index (χ4v) is 3.56. The Labute approximate surface area is 150 Å². The van der Waals surface area contributed by atoms with Crippen LogP contribution in [0.5, 0.6) is 5.75 Å². The van der Waals surface area contributed by atoms with E-state index in [0.29, 0.717) is 19.1 Å². The summed E-state index contributed by atoms with van der Waals surface area (Å²) in [5.74, 6) is 0.988. The maximum absolute atomic E-state index is 11.4. The van der Waals surface area contributed by atoms with Gasteiger partial charge in [-0.1, -0.05) is 0 Å². The Hall–Kier alpha value is -1.63. The fourth-order valence-electron chi connectivity index (χ4n) is 3.56. The topological polar surface area (TPSA) is 54.0 Å². The number of aryl methyl sites for hydroxylation is 1. The zero-order valence-corrected chi connectivity index (χ0v) is 15.3. The number of amides is 1. The third-order valence-electron chi connectivity index (χ3n) is 5.08. The van der Waals surface area contributed by atoms with E-state index in [-0.39, 0.29) is 5.91 Å². The normalized spacial score (nSPS) is 21.7. The molecule has 2 aliphatic rings. The van der Waals surface area contributed by atoms with Gasteiger partial charge < -0.3 is 14.8 Å². The van der Waals surface area contributed by atoms with Crippen LogP contribution in [0.15, 0.2) is 18.2 Å². The zero-order valence-electron chi connectivity index (χ0n) is 15.3. The van der Waals surface area contributed by atoms with E-state index in [4.69, 9.17) is 9.47 Å². The summed E-state index contributed by atoms with van der Waals surface area (Å²) in [7, 11) is 1.76. The summed E-state index contributed by atoms with van der Waals surface area (Å²) in [6, 6.07) is 6.49. The van der Waals surface area contributed by atoms with Crippen LogP contribution in [-0.2, 0) is 16.0 Å². The SMILES string of the molecule is COCCN1CCN(CCOc2ccc3c(c2)CCC(=O)N3)C[C@H]1C. The summed E-state index contributed by atoms with van der Waals surface area (Å²) in [4.78, 5) is 16.4. The Morgan fingerprint density at radius 1 is 1.20 bits per heavy atom. The van der Waals surface area contributed by atoms with Crippen molar-refractivity contribution in [3.8, 4) is 5.75 Å². The van der Waals surface area contributed by atoms with Crippen molar-refractivity contribution in [2.45, 2.75) is 25.8 Å². The van der Waals surface area contributed by atoms with E-state index in [1.165, 1.54) is 0 Å². The number of hydrogen-bond acceptors (Lipinski definition) is 5. The summed E-state index contributed by atoms with van der Waals surface area (Å²) >= 11 is 0. The number of ether oxygens (including phenoxy) is 2. The van der Waals surface area contributed by atoms with Crippen LogP contribution in [0.25, 0.3) is 0 Å². The van der Waals surface area contributed by atoms with E-state index in [1.54, 1.807) is 7.11 Å². The van der Waals surface area contributed by atoms with Crippen molar-refractivity contribution in [1.82, 2.24) is 9.80 Å². The Morgan fingerprint density at radius 2 is 2.08 bits per heavy atom. The lowest BCUT2D eigenvalue weighted by atomic mass is 10.0. The quantitative estimate of drug-likeness (QED) is 0.812. The lowest BCUT2D eigenvalue weighted by Gasteiger charge is -2.39. The number of piperazine rings is 1. The van der Waals surface area contributed by atoms with Gasteiger partial charge in [0.05, 0.1) is 6.61 Å². The van der Waals surface area contributed by atoms with Gasteiger partial charge in [-0.3, -0.25) is 14.6 Å². The Balaban J connectivity index is 1.42. The minimum absolute atomic E-state index is 0.0972. The summed E-state index contributed by atoms with van der Waals surface area (Å²) < 4.78 is 11.1. The second kappa shape index (κ2) is 8.65. The molecule has 1 atom stereocenters. The van der Waals surface area contributed by atoms with E-state index >= 15 is 0 Å². The lowest BCUT2D eigenvalue weighted by molar-refractivity contribution is -0.116. The number of anilines is 1. The number of carbonyl (C=O) groups excluding carboxylic acids is 1. The molecule has 6 heteroatoms. The first-order valence-corrected chi connectivity index (χ1v) is 9.16. The van der Waals surface area contributed by atoms with Crippen LogP contribution in [0.2, 0.25) is 0 Å². The zero-order chi connectivity index (χ0) is 17.6. The van der Waals surface area contributed by atoms with Gasteiger partial charge >= 0.3 is 0 Å². The molecule has 1 aromatic rings. The van der Waals surface area contributed by atoms with E-state index < -0.39 is 0 Å². The number of nitrogens with one attached hydrogen (secondary N) is 1. The Bertz CT molecular complexity index is 593. The highest BCUT2D eigenvalue weighted by atomic mass is 16.5. The third-order valence-corrected chi connectivity index (χ3v) is 5.08. The van der Waals surface area contributed by atoms with Crippen molar-refractivity contribution in [3.63, 3.8) is 0 Å². The van der Waals surface area contributed by atoms with Gasteiger partial charge in [0.2, 0.25) is 5.91 Å². The molecule has 25 heavy (non-hydrogen) atoms. The molecular formula is C19H29N3O3. The average Bonchev–Trinajstić information content (AvgIpc) is 2.61. The number of methoxy groups -OCH3 is 1. The first-order valence-electron chi connectivity index (χ1n) is 9.16. The van der Waals surface area contributed by atoms with Gasteiger partial charge in [-0.2, -0.15) is 0 Å². The minimum atomic E-state index is 0.0972. The van der Waals surface area contributed by atoms with Crippen molar-refractivity contribution in [2.24, 2.45) is 0 Å². The molecule has 1 saturated heterocycles. The molecule has 0 bridgehead atoms. The molecule has 1 N–H and O–H groups in total. The molecule has 2 heterocycles. The number of carbonyl (C=O) groups is 1. The van der Waals surface area contributed by atoms with Gasteiger partial charge in [-0.25, -0.2) is 0 Å². The predicted molar refractivity (Wildman–Crippen MR) is 98.2 cm³/mol. The van der Waals surface area contributed by atoms with E-state index in [2.05, 4.69) is 28.1 Å². The van der Waals surface area contributed by atoms with E-state index in [9.17, 15) is 4.79 Å². The minimum Gasteiger partial charge on any atom is -0.492 e. The van der Waals surface area contributed by atoms with E-state index in [1.807, 2.05) is 12.1 Å². The van der Waals surface area contributed by atoms with Crippen LogP contribution in [0.1, 0.15) is 18.9 Å².